The lowest BCUT2D eigenvalue weighted by Crippen LogP contribution is -2.56. The number of piperidine rings is 1. The Morgan fingerprint density at radius 2 is 1.79 bits per heavy atom. The van der Waals surface area contributed by atoms with Crippen LogP contribution >= 0.6 is 0 Å². The molecule has 2 aromatic carbocycles. The number of carbonyl (C=O) groups excluding carboxylic acids is 2. The van der Waals surface area contributed by atoms with Crippen LogP contribution in [0.3, 0.4) is 0 Å². The maximum absolute atomic E-state index is 14.7. The first-order valence-corrected chi connectivity index (χ1v) is 13.6. The summed E-state index contributed by atoms with van der Waals surface area (Å²) in [5.41, 5.74) is -1.54. The van der Waals surface area contributed by atoms with Gasteiger partial charge in [0.15, 0.2) is 9.84 Å². The Morgan fingerprint density at radius 1 is 1.11 bits per heavy atom. The molecule has 0 bridgehead atoms. The zero-order valence-corrected chi connectivity index (χ0v) is 20.9. The van der Waals surface area contributed by atoms with E-state index in [1.807, 2.05) is 0 Å². The summed E-state index contributed by atoms with van der Waals surface area (Å²) >= 11 is 0. The van der Waals surface area contributed by atoms with E-state index in [1.54, 1.807) is 0 Å². The van der Waals surface area contributed by atoms with Gasteiger partial charge in [-0.1, -0.05) is 12.1 Å². The van der Waals surface area contributed by atoms with E-state index in [9.17, 15) is 44.3 Å². The summed E-state index contributed by atoms with van der Waals surface area (Å²) in [6, 6.07) is 4.12. The number of carbonyl (C=O) groups is 2. The molecule has 2 amide bonds. The molecule has 1 N–H and O–H groups in total. The highest BCUT2D eigenvalue weighted by molar-refractivity contribution is 7.90. The molecule has 206 valence electrons. The van der Waals surface area contributed by atoms with Crippen LogP contribution < -0.4 is 5.32 Å². The van der Waals surface area contributed by atoms with Gasteiger partial charge in [-0.2, -0.15) is 13.2 Å². The van der Waals surface area contributed by atoms with Crippen molar-refractivity contribution >= 4 is 21.7 Å². The molecule has 6 nitrogen and oxygen atoms in total. The molecule has 1 unspecified atom stereocenters. The van der Waals surface area contributed by atoms with E-state index in [2.05, 4.69) is 5.32 Å². The van der Waals surface area contributed by atoms with Gasteiger partial charge in [0.2, 0.25) is 5.91 Å². The van der Waals surface area contributed by atoms with Gasteiger partial charge in [-0.25, -0.2) is 21.6 Å². The fraction of sp³-hybridized carbons (Fsp3) is 0.440. The van der Waals surface area contributed by atoms with E-state index in [0.29, 0.717) is 25.0 Å². The summed E-state index contributed by atoms with van der Waals surface area (Å²) in [7, 11) is -3.68. The number of hydrogen-bond donors (Lipinski definition) is 1. The van der Waals surface area contributed by atoms with Gasteiger partial charge in [0.05, 0.1) is 16.5 Å². The molecule has 2 fully saturated rings. The molecule has 4 rings (SSSR count). The van der Waals surface area contributed by atoms with Crippen molar-refractivity contribution in [1.29, 1.82) is 0 Å². The SMILES string of the molecule is CS(=O)(=O)c1cccc(C(=O)N2CCC(F)(F)C[C@@H]2C(=O)NC(c2ccc(C(F)(F)F)cc2F)C2CC2)c1. The second-order valence-corrected chi connectivity index (χ2v) is 11.7. The van der Waals surface area contributed by atoms with Gasteiger partial charge < -0.3 is 10.2 Å². The highest BCUT2D eigenvalue weighted by Gasteiger charge is 2.47. The summed E-state index contributed by atoms with van der Waals surface area (Å²) in [6.07, 6.45) is -4.52. The number of halogens is 6. The number of alkyl halides is 5. The van der Waals surface area contributed by atoms with Gasteiger partial charge in [0, 0.05) is 36.8 Å². The zero-order valence-electron chi connectivity index (χ0n) is 20.1. The van der Waals surface area contributed by atoms with Gasteiger partial charge in [-0.05, 0) is 49.1 Å². The van der Waals surface area contributed by atoms with Crippen LogP contribution in [0.5, 0.6) is 0 Å². The van der Waals surface area contributed by atoms with Crippen LogP contribution in [-0.4, -0.2) is 49.9 Å². The maximum Gasteiger partial charge on any atom is 0.416 e. The normalized spacial score (nSPS) is 20.6. The Kier molecular flexibility index (Phi) is 7.28. The van der Waals surface area contributed by atoms with E-state index < -0.39 is 76.6 Å². The second kappa shape index (κ2) is 9.90. The third kappa shape index (κ3) is 6.13. The first kappa shape index (κ1) is 27.9. The minimum absolute atomic E-state index is 0.122. The van der Waals surface area contributed by atoms with Crippen molar-refractivity contribution in [3.05, 3.63) is 65.0 Å². The van der Waals surface area contributed by atoms with Gasteiger partial charge in [-0.15, -0.1) is 0 Å². The second-order valence-electron chi connectivity index (χ2n) is 9.68. The predicted octanol–water partition coefficient (Wildman–Crippen LogP) is 4.76. The Bertz CT molecular complexity index is 1360. The molecule has 13 heteroatoms. The Morgan fingerprint density at radius 3 is 2.37 bits per heavy atom. The predicted molar refractivity (Wildman–Crippen MR) is 124 cm³/mol. The van der Waals surface area contributed by atoms with Crippen molar-refractivity contribution in [3.8, 4) is 0 Å². The fourth-order valence-corrected chi connectivity index (χ4v) is 5.19. The summed E-state index contributed by atoms with van der Waals surface area (Å²) in [5.74, 6) is -6.65. The van der Waals surface area contributed by atoms with E-state index in [4.69, 9.17) is 0 Å². The van der Waals surface area contributed by atoms with Gasteiger partial charge in [0.1, 0.15) is 11.9 Å². The van der Waals surface area contributed by atoms with Crippen molar-refractivity contribution in [2.24, 2.45) is 5.92 Å². The average molecular weight is 563 g/mol. The molecule has 0 spiro atoms. The largest absolute Gasteiger partial charge is 0.416 e. The number of rotatable bonds is 6. The average Bonchev–Trinajstić information content (AvgIpc) is 3.66. The molecule has 1 saturated heterocycles. The molecular formula is C25H24F6N2O4S. The number of nitrogens with zero attached hydrogens (tertiary/aromatic N) is 1. The van der Waals surface area contributed by atoms with Crippen molar-refractivity contribution in [1.82, 2.24) is 10.2 Å². The van der Waals surface area contributed by atoms with E-state index in [1.165, 1.54) is 18.2 Å². The first-order valence-electron chi connectivity index (χ1n) is 11.7. The van der Waals surface area contributed by atoms with Crippen LogP contribution in [0.15, 0.2) is 47.4 Å². The summed E-state index contributed by atoms with van der Waals surface area (Å²) in [4.78, 5) is 27.3. The number of sulfone groups is 1. The lowest BCUT2D eigenvalue weighted by Gasteiger charge is -2.39. The van der Waals surface area contributed by atoms with E-state index in [-0.39, 0.29) is 21.9 Å². The highest BCUT2D eigenvalue weighted by atomic mass is 32.2. The number of hydrogen-bond acceptors (Lipinski definition) is 4. The van der Waals surface area contributed by atoms with E-state index in [0.717, 1.165) is 23.3 Å². The van der Waals surface area contributed by atoms with Crippen LogP contribution in [-0.2, 0) is 20.8 Å². The number of benzene rings is 2. The number of amides is 2. The van der Waals surface area contributed by atoms with Gasteiger partial charge in [-0.3, -0.25) is 9.59 Å². The summed E-state index contributed by atoms with van der Waals surface area (Å²) in [5, 5.41) is 2.49. The Hall–Kier alpha value is -3.09. The molecule has 1 saturated carbocycles. The number of nitrogens with one attached hydrogen (secondary N) is 1. The molecule has 1 heterocycles. The molecule has 2 atom stereocenters. The van der Waals surface area contributed by atoms with Gasteiger partial charge >= 0.3 is 6.18 Å². The first-order chi connectivity index (χ1) is 17.6. The zero-order chi connectivity index (χ0) is 28.0. The Balaban J connectivity index is 1.62. The summed E-state index contributed by atoms with van der Waals surface area (Å²) < 4.78 is 106. The third-order valence-electron chi connectivity index (χ3n) is 6.71. The lowest BCUT2D eigenvalue weighted by molar-refractivity contribution is -0.138. The van der Waals surface area contributed by atoms with Crippen molar-refractivity contribution in [2.75, 3.05) is 12.8 Å². The fourth-order valence-electron chi connectivity index (χ4n) is 4.52. The molecule has 2 aliphatic rings. The van der Waals surface area contributed by atoms with Crippen LogP contribution in [0.1, 0.15) is 53.2 Å². The van der Waals surface area contributed by atoms with Crippen LogP contribution in [0.2, 0.25) is 0 Å². The Labute approximate surface area is 214 Å². The minimum Gasteiger partial charge on any atom is -0.347 e. The van der Waals surface area contributed by atoms with Crippen molar-refractivity contribution in [3.63, 3.8) is 0 Å². The van der Waals surface area contributed by atoms with E-state index >= 15 is 0 Å². The molecule has 0 aromatic heterocycles. The molecule has 38 heavy (non-hydrogen) atoms. The topological polar surface area (TPSA) is 83.6 Å². The lowest BCUT2D eigenvalue weighted by atomic mass is 9.95. The molecule has 1 aliphatic heterocycles. The standard InChI is InChI=1S/C25H24F6N2O4S/c1-38(36,37)17-4-2-3-15(11-17)23(35)33-10-9-24(27,28)13-20(33)22(34)32-21(14-5-6-14)18-8-7-16(12-19(18)26)25(29,30)31/h2-4,7-8,11-12,14,20-21H,5-6,9-10,13H2,1H3,(H,32,34)/t20-,21?/m1/s1. The van der Waals surface area contributed by atoms with Crippen molar-refractivity contribution < 1.29 is 44.3 Å². The van der Waals surface area contributed by atoms with Crippen LogP contribution in [0.25, 0.3) is 0 Å². The van der Waals surface area contributed by atoms with Crippen LogP contribution in [0, 0.1) is 11.7 Å². The molecular weight excluding hydrogens is 538 g/mol. The van der Waals surface area contributed by atoms with Gasteiger partial charge in [0.25, 0.3) is 11.8 Å². The quantitative estimate of drug-likeness (QED) is 0.515. The molecule has 1 aliphatic carbocycles. The third-order valence-corrected chi connectivity index (χ3v) is 7.82. The summed E-state index contributed by atoms with van der Waals surface area (Å²) in [6.45, 7) is -0.504. The molecule has 2 aromatic rings. The monoisotopic (exact) mass is 562 g/mol. The number of likely N-dealkylation sites (tertiary alicyclic amines) is 1. The maximum atomic E-state index is 14.7. The molecule has 0 radical (unpaired) electrons. The highest BCUT2D eigenvalue weighted by Crippen LogP contribution is 2.43. The van der Waals surface area contributed by atoms with Crippen LogP contribution in [0.4, 0.5) is 26.3 Å². The minimum atomic E-state index is -4.78. The smallest absolute Gasteiger partial charge is 0.347 e. The van der Waals surface area contributed by atoms with Crippen molar-refractivity contribution in [2.45, 2.75) is 54.8 Å².